The Morgan fingerprint density at radius 1 is 1.30 bits per heavy atom. The number of hydrogen-bond donors (Lipinski definition) is 1. The molecule has 1 unspecified atom stereocenters. The van der Waals surface area contributed by atoms with Gasteiger partial charge in [-0.25, -0.2) is 0 Å². The molecule has 1 heterocycles. The van der Waals surface area contributed by atoms with Crippen LogP contribution < -0.4 is 5.32 Å². The van der Waals surface area contributed by atoms with Crippen molar-refractivity contribution in [2.45, 2.75) is 25.3 Å². The van der Waals surface area contributed by atoms with Crippen LogP contribution in [0.15, 0.2) is 53.3 Å². The summed E-state index contributed by atoms with van der Waals surface area (Å²) in [4.78, 5) is 4.14. The molecule has 0 aliphatic rings. The highest BCUT2D eigenvalue weighted by molar-refractivity contribution is 9.10. The number of nitrogens with zero attached hydrogens (tertiary/aromatic N) is 2. The van der Waals surface area contributed by atoms with Crippen molar-refractivity contribution >= 4 is 21.6 Å². The molecule has 3 nitrogen and oxygen atoms in total. The maximum atomic E-state index is 9.73. The largest absolute Gasteiger partial charge is 0.364 e. The number of nitriles is 1. The fourth-order valence-corrected chi connectivity index (χ4v) is 2.46. The molecule has 4 heteroatoms. The Kier molecular flexibility index (Phi) is 4.75. The Labute approximate surface area is 127 Å². The van der Waals surface area contributed by atoms with Crippen LogP contribution >= 0.6 is 15.9 Å². The van der Waals surface area contributed by atoms with Gasteiger partial charge in [-0.1, -0.05) is 35.3 Å². The van der Waals surface area contributed by atoms with Gasteiger partial charge in [-0.3, -0.25) is 4.98 Å². The van der Waals surface area contributed by atoms with Crippen LogP contribution in [0, 0.1) is 11.3 Å². The molecule has 1 aromatic heterocycles. The fourth-order valence-electron chi connectivity index (χ4n) is 2.20. The Balaban J connectivity index is 2.37. The summed E-state index contributed by atoms with van der Waals surface area (Å²) in [5.41, 5.74) is 1.08. The number of rotatable bonds is 5. The molecular weight excluding hydrogens is 314 g/mol. The van der Waals surface area contributed by atoms with Gasteiger partial charge in [0.1, 0.15) is 0 Å². The van der Waals surface area contributed by atoms with Gasteiger partial charge in [-0.15, -0.1) is 0 Å². The molecule has 1 atom stereocenters. The van der Waals surface area contributed by atoms with Crippen molar-refractivity contribution in [3.63, 3.8) is 0 Å². The summed E-state index contributed by atoms with van der Waals surface area (Å²) in [6.45, 7) is 2.08. The first-order chi connectivity index (χ1) is 9.70. The van der Waals surface area contributed by atoms with Crippen LogP contribution in [0.5, 0.6) is 0 Å². The highest BCUT2D eigenvalue weighted by Crippen LogP contribution is 2.30. The second kappa shape index (κ2) is 6.53. The number of hydrogen-bond acceptors (Lipinski definition) is 3. The summed E-state index contributed by atoms with van der Waals surface area (Å²) < 4.78 is 1.02. The molecule has 0 amide bonds. The molecular formula is C16H16BrN3. The van der Waals surface area contributed by atoms with Crippen molar-refractivity contribution < 1.29 is 0 Å². The van der Waals surface area contributed by atoms with E-state index in [-0.39, 0.29) is 0 Å². The van der Waals surface area contributed by atoms with E-state index >= 15 is 0 Å². The lowest BCUT2D eigenvalue weighted by Crippen LogP contribution is -2.33. The van der Waals surface area contributed by atoms with Crippen molar-refractivity contribution in [1.29, 1.82) is 5.26 Å². The van der Waals surface area contributed by atoms with Crippen molar-refractivity contribution in [3.05, 3.63) is 58.8 Å². The molecule has 0 aliphatic carbocycles. The number of benzene rings is 1. The lowest BCUT2D eigenvalue weighted by Gasteiger charge is -2.29. The van der Waals surface area contributed by atoms with Crippen LogP contribution in [0.25, 0.3) is 0 Å². The van der Waals surface area contributed by atoms with E-state index in [1.165, 1.54) is 0 Å². The summed E-state index contributed by atoms with van der Waals surface area (Å²) in [7, 11) is 0. The quantitative estimate of drug-likeness (QED) is 0.879. The van der Waals surface area contributed by atoms with E-state index in [9.17, 15) is 5.26 Å². The zero-order valence-electron chi connectivity index (χ0n) is 11.3. The normalized spacial score (nSPS) is 13.2. The van der Waals surface area contributed by atoms with Gasteiger partial charge >= 0.3 is 0 Å². The van der Waals surface area contributed by atoms with E-state index in [0.717, 1.165) is 28.6 Å². The first-order valence-corrected chi connectivity index (χ1v) is 7.35. The number of pyridine rings is 1. The highest BCUT2D eigenvalue weighted by Gasteiger charge is 2.31. The van der Waals surface area contributed by atoms with Gasteiger partial charge < -0.3 is 5.32 Å². The minimum atomic E-state index is -0.739. The molecule has 102 valence electrons. The summed E-state index contributed by atoms with van der Waals surface area (Å²) >= 11 is 3.42. The zero-order valence-corrected chi connectivity index (χ0v) is 12.9. The smallest absolute Gasteiger partial charge is 0.152 e. The van der Waals surface area contributed by atoms with Crippen molar-refractivity contribution in [2.75, 3.05) is 5.32 Å². The van der Waals surface area contributed by atoms with Gasteiger partial charge in [0.05, 0.1) is 6.07 Å². The number of anilines is 1. The van der Waals surface area contributed by atoms with Crippen molar-refractivity contribution in [3.8, 4) is 6.07 Å². The van der Waals surface area contributed by atoms with Gasteiger partial charge in [0, 0.05) is 28.1 Å². The van der Waals surface area contributed by atoms with Gasteiger partial charge in [0.2, 0.25) is 0 Å². The number of halogens is 1. The lowest BCUT2D eigenvalue weighted by molar-refractivity contribution is 0.557. The van der Waals surface area contributed by atoms with Crippen LogP contribution in [0.1, 0.15) is 25.3 Å². The summed E-state index contributed by atoms with van der Waals surface area (Å²) in [6, 6.07) is 14.1. The molecule has 0 radical (unpaired) electrons. The van der Waals surface area contributed by atoms with Crippen molar-refractivity contribution in [1.82, 2.24) is 4.98 Å². The van der Waals surface area contributed by atoms with E-state index in [1.807, 2.05) is 36.4 Å². The average molecular weight is 330 g/mol. The Hall–Kier alpha value is -1.86. The minimum absolute atomic E-state index is 0.727. The standard InChI is InChI=1S/C16H16BrN3/c1-2-9-16(12-18,13-4-3-10-19-11-13)20-15-7-5-14(17)6-8-15/h3-8,10-11,20H,2,9H2,1H3. The highest BCUT2D eigenvalue weighted by atomic mass is 79.9. The molecule has 1 N–H and O–H groups in total. The second-order valence-corrected chi connectivity index (χ2v) is 5.56. The van der Waals surface area contributed by atoms with Crippen LogP contribution in [0.4, 0.5) is 5.69 Å². The Bertz CT molecular complexity index is 589. The predicted octanol–water partition coefficient (Wildman–Crippen LogP) is 4.48. The third-order valence-corrected chi connectivity index (χ3v) is 3.70. The maximum Gasteiger partial charge on any atom is 0.152 e. The van der Waals surface area contributed by atoms with Crippen LogP contribution in [0.2, 0.25) is 0 Å². The molecule has 20 heavy (non-hydrogen) atoms. The monoisotopic (exact) mass is 329 g/mol. The first kappa shape index (κ1) is 14.5. The first-order valence-electron chi connectivity index (χ1n) is 6.56. The maximum absolute atomic E-state index is 9.73. The van der Waals surface area contributed by atoms with Crippen LogP contribution in [-0.4, -0.2) is 4.98 Å². The third kappa shape index (κ3) is 3.17. The molecule has 2 rings (SSSR count). The van der Waals surface area contributed by atoms with E-state index in [1.54, 1.807) is 12.4 Å². The summed E-state index contributed by atoms with van der Waals surface area (Å²) in [5.74, 6) is 0. The molecule has 1 aromatic carbocycles. The predicted molar refractivity (Wildman–Crippen MR) is 84.2 cm³/mol. The molecule has 0 fully saturated rings. The van der Waals surface area contributed by atoms with Crippen molar-refractivity contribution in [2.24, 2.45) is 0 Å². The Morgan fingerprint density at radius 3 is 2.60 bits per heavy atom. The lowest BCUT2D eigenvalue weighted by atomic mass is 9.87. The number of aromatic nitrogens is 1. The molecule has 0 saturated carbocycles. The fraction of sp³-hybridized carbons (Fsp3) is 0.250. The molecule has 0 aliphatic heterocycles. The molecule has 0 bridgehead atoms. The van der Waals surface area contributed by atoms with Gasteiger partial charge in [-0.05, 0) is 36.8 Å². The topological polar surface area (TPSA) is 48.7 Å². The van der Waals surface area contributed by atoms with Gasteiger partial charge in [0.25, 0.3) is 0 Å². The molecule has 2 aromatic rings. The van der Waals surface area contributed by atoms with Gasteiger partial charge in [-0.2, -0.15) is 5.26 Å². The minimum Gasteiger partial charge on any atom is -0.364 e. The third-order valence-electron chi connectivity index (χ3n) is 3.17. The number of nitrogens with one attached hydrogen (secondary N) is 1. The summed E-state index contributed by atoms with van der Waals surface area (Å²) in [5, 5.41) is 13.1. The molecule has 0 spiro atoms. The second-order valence-electron chi connectivity index (χ2n) is 4.64. The van der Waals surface area contributed by atoms with Crippen LogP contribution in [-0.2, 0) is 5.54 Å². The molecule has 0 saturated heterocycles. The van der Waals surface area contributed by atoms with E-state index in [2.05, 4.69) is 39.2 Å². The zero-order chi connectivity index (χ0) is 14.4. The van der Waals surface area contributed by atoms with E-state index in [0.29, 0.717) is 0 Å². The Morgan fingerprint density at radius 2 is 2.05 bits per heavy atom. The van der Waals surface area contributed by atoms with E-state index < -0.39 is 5.54 Å². The summed E-state index contributed by atoms with van der Waals surface area (Å²) in [6.07, 6.45) is 5.11. The van der Waals surface area contributed by atoms with Crippen LogP contribution in [0.3, 0.4) is 0 Å². The average Bonchev–Trinajstić information content (AvgIpc) is 2.50. The van der Waals surface area contributed by atoms with E-state index in [4.69, 9.17) is 0 Å². The van der Waals surface area contributed by atoms with Gasteiger partial charge in [0.15, 0.2) is 5.54 Å². The SMILES string of the molecule is CCCC(C#N)(Nc1ccc(Br)cc1)c1cccnc1.